The molecule has 1 aromatic carbocycles. The number of rotatable bonds is 3. The average Bonchev–Trinajstić information content (AvgIpc) is 3.09. The van der Waals surface area contributed by atoms with Crippen LogP contribution in [0.5, 0.6) is 0 Å². The molecule has 0 saturated carbocycles. The summed E-state index contributed by atoms with van der Waals surface area (Å²) in [5, 5.41) is 8.09. The van der Waals surface area contributed by atoms with Gasteiger partial charge in [0.1, 0.15) is 0 Å². The Labute approximate surface area is 138 Å². The van der Waals surface area contributed by atoms with Crippen LogP contribution in [0.15, 0.2) is 41.9 Å². The smallest absolute Gasteiger partial charge is 0.321 e. The van der Waals surface area contributed by atoms with Crippen LogP contribution in [0.1, 0.15) is 12.8 Å². The van der Waals surface area contributed by atoms with Gasteiger partial charge in [-0.05, 0) is 25.0 Å². The maximum Gasteiger partial charge on any atom is 0.321 e. The Balaban J connectivity index is 1.57. The lowest BCUT2D eigenvalue weighted by atomic mass is 9.97. The number of nitrogens with one attached hydrogen (secondary N) is 2. The lowest BCUT2D eigenvalue weighted by molar-refractivity contribution is -0.121. The normalized spacial score (nSPS) is 17.6. The van der Waals surface area contributed by atoms with Crippen LogP contribution in [-0.2, 0) is 4.79 Å². The van der Waals surface area contributed by atoms with Gasteiger partial charge in [0.15, 0.2) is 5.13 Å². The Morgan fingerprint density at radius 2 is 2.04 bits per heavy atom. The van der Waals surface area contributed by atoms with Gasteiger partial charge in [0, 0.05) is 30.4 Å². The number of hydrogen-bond donors (Lipinski definition) is 2. The number of likely N-dealkylation sites (tertiary alicyclic amines) is 1. The number of para-hydroxylation sites is 1. The molecule has 3 amide bonds. The van der Waals surface area contributed by atoms with Crippen LogP contribution in [0.4, 0.5) is 15.6 Å². The minimum absolute atomic E-state index is 0.0721. The molecule has 1 saturated heterocycles. The van der Waals surface area contributed by atoms with Crippen LogP contribution in [-0.4, -0.2) is 34.9 Å². The van der Waals surface area contributed by atoms with Gasteiger partial charge in [0.25, 0.3) is 0 Å². The van der Waals surface area contributed by atoms with E-state index >= 15 is 0 Å². The Hall–Kier alpha value is -2.41. The molecule has 23 heavy (non-hydrogen) atoms. The second kappa shape index (κ2) is 7.23. The largest absolute Gasteiger partial charge is 0.324 e. The maximum absolute atomic E-state index is 12.3. The molecule has 1 aliphatic rings. The van der Waals surface area contributed by atoms with Crippen molar-refractivity contribution >= 4 is 34.1 Å². The molecular weight excluding hydrogens is 312 g/mol. The van der Waals surface area contributed by atoms with Crippen molar-refractivity contribution < 1.29 is 9.59 Å². The minimum Gasteiger partial charge on any atom is -0.324 e. The van der Waals surface area contributed by atoms with Gasteiger partial charge >= 0.3 is 6.03 Å². The number of carbonyl (C=O) groups is 2. The van der Waals surface area contributed by atoms with Crippen LogP contribution in [0.2, 0.25) is 0 Å². The summed E-state index contributed by atoms with van der Waals surface area (Å²) in [6, 6.07) is 9.16. The van der Waals surface area contributed by atoms with E-state index < -0.39 is 0 Å². The van der Waals surface area contributed by atoms with Crippen LogP contribution >= 0.6 is 11.3 Å². The first-order chi connectivity index (χ1) is 11.2. The number of urea groups is 1. The van der Waals surface area contributed by atoms with Gasteiger partial charge < -0.3 is 15.5 Å². The number of hydrogen-bond acceptors (Lipinski definition) is 4. The summed E-state index contributed by atoms with van der Waals surface area (Å²) in [4.78, 5) is 30.4. The molecule has 2 N–H and O–H groups in total. The van der Waals surface area contributed by atoms with Crippen LogP contribution < -0.4 is 10.6 Å². The predicted molar refractivity (Wildman–Crippen MR) is 90.5 cm³/mol. The van der Waals surface area contributed by atoms with Crippen molar-refractivity contribution in [3.05, 3.63) is 41.9 Å². The SMILES string of the molecule is O=C(Nc1nccs1)C1CCCN(C(=O)Nc2ccccc2)C1. The van der Waals surface area contributed by atoms with Gasteiger partial charge in [0.05, 0.1) is 5.92 Å². The molecule has 2 heterocycles. The molecule has 2 aromatic rings. The summed E-state index contributed by atoms with van der Waals surface area (Å²) in [6.07, 6.45) is 3.26. The standard InChI is InChI=1S/C16H18N4O2S/c21-14(19-15-17-8-10-23-15)12-5-4-9-20(11-12)16(22)18-13-6-2-1-3-7-13/h1-3,6-8,10,12H,4-5,9,11H2,(H,18,22)(H,17,19,21). The third-order valence-corrected chi connectivity index (χ3v) is 4.46. The van der Waals surface area contributed by atoms with Gasteiger partial charge in [-0.1, -0.05) is 18.2 Å². The molecule has 1 aromatic heterocycles. The molecular formula is C16H18N4O2S. The van der Waals surface area contributed by atoms with Gasteiger partial charge in [-0.15, -0.1) is 11.3 Å². The van der Waals surface area contributed by atoms with E-state index in [1.54, 1.807) is 11.1 Å². The van der Waals surface area contributed by atoms with Crippen molar-refractivity contribution in [3.63, 3.8) is 0 Å². The minimum atomic E-state index is -0.200. The zero-order valence-corrected chi connectivity index (χ0v) is 13.4. The lowest BCUT2D eigenvalue weighted by Gasteiger charge is -2.31. The third-order valence-electron chi connectivity index (χ3n) is 3.77. The molecule has 1 fully saturated rings. The van der Waals surface area contributed by atoms with E-state index in [0.29, 0.717) is 18.2 Å². The first-order valence-corrected chi connectivity index (χ1v) is 8.41. The highest BCUT2D eigenvalue weighted by Crippen LogP contribution is 2.20. The fourth-order valence-electron chi connectivity index (χ4n) is 2.59. The van der Waals surface area contributed by atoms with Crippen molar-refractivity contribution in [2.75, 3.05) is 23.7 Å². The Kier molecular flexibility index (Phi) is 4.87. The van der Waals surface area contributed by atoms with Crippen molar-refractivity contribution in [2.24, 2.45) is 5.92 Å². The van der Waals surface area contributed by atoms with Crippen molar-refractivity contribution in [3.8, 4) is 0 Å². The molecule has 0 radical (unpaired) electrons. The number of aromatic nitrogens is 1. The first-order valence-electron chi connectivity index (χ1n) is 7.54. The molecule has 7 heteroatoms. The van der Waals surface area contributed by atoms with Crippen LogP contribution in [0.25, 0.3) is 0 Å². The van der Waals surface area contributed by atoms with Gasteiger partial charge in [-0.3, -0.25) is 4.79 Å². The number of benzene rings is 1. The topological polar surface area (TPSA) is 74.3 Å². The summed E-state index contributed by atoms with van der Waals surface area (Å²) >= 11 is 1.39. The molecule has 1 aliphatic heterocycles. The number of nitrogens with zero attached hydrogens (tertiary/aromatic N) is 2. The highest BCUT2D eigenvalue weighted by Gasteiger charge is 2.28. The Bertz CT molecular complexity index is 660. The summed E-state index contributed by atoms with van der Waals surface area (Å²) in [7, 11) is 0. The summed E-state index contributed by atoms with van der Waals surface area (Å²) in [5.74, 6) is -0.272. The molecule has 6 nitrogen and oxygen atoms in total. The number of thiazole rings is 1. The number of piperidine rings is 1. The van der Waals surface area contributed by atoms with Crippen molar-refractivity contribution in [1.29, 1.82) is 0 Å². The number of amides is 3. The van der Waals surface area contributed by atoms with Gasteiger partial charge in [0.2, 0.25) is 5.91 Å². The second-order valence-corrected chi connectivity index (χ2v) is 6.30. The van der Waals surface area contributed by atoms with Gasteiger partial charge in [-0.25, -0.2) is 9.78 Å². The van der Waals surface area contributed by atoms with E-state index in [-0.39, 0.29) is 17.9 Å². The summed E-state index contributed by atoms with van der Waals surface area (Å²) in [6.45, 7) is 1.09. The van der Waals surface area contributed by atoms with E-state index in [1.807, 2.05) is 35.7 Å². The zero-order valence-electron chi connectivity index (χ0n) is 12.6. The fourth-order valence-corrected chi connectivity index (χ4v) is 3.12. The first kappa shape index (κ1) is 15.5. The van der Waals surface area contributed by atoms with E-state index in [2.05, 4.69) is 15.6 Å². The van der Waals surface area contributed by atoms with E-state index in [4.69, 9.17) is 0 Å². The number of anilines is 2. The molecule has 3 rings (SSSR count). The summed E-state index contributed by atoms with van der Waals surface area (Å²) < 4.78 is 0. The quantitative estimate of drug-likeness (QED) is 0.908. The van der Waals surface area contributed by atoms with Crippen molar-refractivity contribution in [1.82, 2.24) is 9.88 Å². The van der Waals surface area contributed by atoms with E-state index in [1.165, 1.54) is 11.3 Å². The van der Waals surface area contributed by atoms with E-state index in [0.717, 1.165) is 18.5 Å². The molecule has 0 spiro atoms. The van der Waals surface area contributed by atoms with Crippen LogP contribution in [0.3, 0.4) is 0 Å². The number of carbonyl (C=O) groups excluding carboxylic acids is 2. The second-order valence-electron chi connectivity index (χ2n) is 5.41. The molecule has 0 aliphatic carbocycles. The Morgan fingerprint density at radius 1 is 1.22 bits per heavy atom. The Morgan fingerprint density at radius 3 is 2.78 bits per heavy atom. The molecule has 0 bridgehead atoms. The summed E-state index contributed by atoms with van der Waals surface area (Å²) in [5.41, 5.74) is 0.756. The average molecular weight is 330 g/mol. The predicted octanol–water partition coefficient (Wildman–Crippen LogP) is 3.03. The highest BCUT2D eigenvalue weighted by atomic mass is 32.1. The molecule has 1 atom stereocenters. The molecule has 120 valence electrons. The maximum atomic E-state index is 12.3. The highest BCUT2D eigenvalue weighted by molar-refractivity contribution is 7.13. The van der Waals surface area contributed by atoms with Crippen LogP contribution in [0, 0.1) is 5.92 Å². The van der Waals surface area contributed by atoms with Crippen molar-refractivity contribution in [2.45, 2.75) is 12.8 Å². The van der Waals surface area contributed by atoms with E-state index in [9.17, 15) is 9.59 Å². The zero-order chi connectivity index (χ0) is 16.1. The van der Waals surface area contributed by atoms with Gasteiger partial charge in [-0.2, -0.15) is 0 Å². The molecule has 1 unspecified atom stereocenters. The fraction of sp³-hybridized carbons (Fsp3) is 0.312. The monoisotopic (exact) mass is 330 g/mol. The third kappa shape index (κ3) is 4.07. The lowest BCUT2D eigenvalue weighted by Crippen LogP contribution is -2.45.